The average Bonchev–Trinajstić information content (AvgIpc) is 3.47. The summed E-state index contributed by atoms with van der Waals surface area (Å²) in [6.45, 7) is 4.69. The Labute approximate surface area is 327 Å². The Morgan fingerprint density at radius 1 is 0.375 bits per heavy atom. The van der Waals surface area contributed by atoms with Crippen molar-refractivity contribution in [3.8, 4) is 33.8 Å². The Morgan fingerprint density at radius 3 is 1.79 bits per heavy atom. The van der Waals surface area contributed by atoms with Crippen molar-refractivity contribution in [2.24, 2.45) is 0 Å². The number of hydrogen-bond donors (Lipinski definition) is 0. The third kappa shape index (κ3) is 4.98. The summed E-state index contributed by atoms with van der Waals surface area (Å²) < 4.78 is 6.91. The van der Waals surface area contributed by atoms with Crippen LogP contribution in [0.5, 0.6) is 11.5 Å². The first-order chi connectivity index (χ1) is 27.5. The zero-order chi connectivity index (χ0) is 37.4. The molecule has 0 spiro atoms. The first-order valence-corrected chi connectivity index (χ1v) is 19.3. The SMILES string of the molecule is CC1(C)c2ccccc2-c2ccc(N(c3ccccc3)c3ccc4c5c(cccc35)Oc3cc(N(c5ccccc5)c5ccc6ccccc6c5)ccc3-4)cc21. The molecular weight excluding hydrogens is 681 g/mol. The zero-order valence-corrected chi connectivity index (χ0v) is 31.3. The number of ether oxygens (including phenoxy) is 1. The summed E-state index contributed by atoms with van der Waals surface area (Å²) in [4.78, 5) is 4.71. The maximum atomic E-state index is 6.91. The summed E-state index contributed by atoms with van der Waals surface area (Å²) in [7, 11) is 0. The first-order valence-electron chi connectivity index (χ1n) is 19.3. The van der Waals surface area contributed by atoms with E-state index in [9.17, 15) is 0 Å². The van der Waals surface area contributed by atoms with Gasteiger partial charge in [-0.3, -0.25) is 0 Å². The van der Waals surface area contributed by atoms with Crippen LogP contribution < -0.4 is 14.5 Å². The number of anilines is 6. The van der Waals surface area contributed by atoms with Gasteiger partial charge in [0.05, 0.1) is 5.69 Å². The molecule has 0 unspecified atom stereocenters. The second kappa shape index (κ2) is 12.5. The Bertz CT molecular complexity index is 2990. The van der Waals surface area contributed by atoms with E-state index in [4.69, 9.17) is 4.74 Å². The van der Waals surface area contributed by atoms with E-state index in [1.807, 2.05) is 0 Å². The van der Waals surface area contributed by atoms with Crippen molar-refractivity contribution in [3.05, 3.63) is 205 Å². The molecule has 1 aliphatic heterocycles. The summed E-state index contributed by atoms with van der Waals surface area (Å²) in [5, 5.41) is 4.69. The second-order valence-corrected chi connectivity index (χ2v) is 15.4. The fraction of sp³-hybridized carbons (Fsp3) is 0.0566. The summed E-state index contributed by atoms with van der Waals surface area (Å²) in [6, 6.07) is 70.0. The highest BCUT2D eigenvalue weighted by Crippen LogP contribution is 2.54. The molecule has 9 aromatic carbocycles. The molecule has 3 heteroatoms. The summed E-state index contributed by atoms with van der Waals surface area (Å²) in [5.41, 5.74) is 14.1. The molecule has 266 valence electrons. The van der Waals surface area contributed by atoms with E-state index in [2.05, 4.69) is 218 Å². The van der Waals surface area contributed by atoms with Crippen LogP contribution in [0.1, 0.15) is 25.0 Å². The van der Waals surface area contributed by atoms with E-state index in [1.54, 1.807) is 0 Å². The van der Waals surface area contributed by atoms with E-state index < -0.39 is 0 Å². The molecular formula is C53H38N2O. The van der Waals surface area contributed by atoms with Gasteiger partial charge in [-0.05, 0) is 111 Å². The lowest BCUT2D eigenvalue weighted by molar-refractivity contribution is 0.487. The molecule has 56 heavy (non-hydrogen) atoms. The lowest BCUT2D eigenvalue weighted by Crippen LogP contribution is -2.16. The summed E-state index contributed by atoms with van der Waals surface area (Å²) >= 11 is 0. The second-order valence-electron chi connectivity index (χ2n) is 15.4. The normalized spacial score (nSPS) is 13.1. The Kier molecular flexibility index (Phi) is 7.20. The first kappa shape index (κ1) is 32.3. The topological polar surface area (TPSA) is 15.7 Å². The lowest BCUT2D eigenvalue weighted by Gasteiger charge is -2.31. The van der Waals surface area contributed by atoms with Gasteiger partial charge in [0, 0.05) is 56.3 Å². The fourth-order valence-electron chi connectivity index (χ4n) is 9.11. The minimum absolute atomic E-state index is 0.106. The van der Waals surface area contributed by atoms with E-state index in [1.165, 1.54) is 38.6 Å². The minimum atomic E-state index is -0.106. The van der Waals surface area contributed by atoms with Crippen molar-refractivity contribution >= 4 is 55.7 Å². The highest BCUT2D eigenvalue weighted by Gasteiger charge is 2.36. The standard InChI is InChI=1S/C53H38N2O/c1-53(2)47-22-12-11-20-42(47)43-28-26-40(33-48(43)53)55(38-18-7-4-8-19-38)49-31-30-45-44-29-27-41(34-51(44)56-50-23-13-21-46(49)52(45)50)54(37-16-5-3-6-17-37)39-25-24-35-14-9-10-15-36(35)32-39/h3-34H,1-2H3. The van der Waals surface area contributed by atoms with Gasteiger partial charge >= 0.3 is 0 Å². The van der Waals surface area contributed by atoms with Gasteiger partial charge in [0.25, 0.3) is 0 Å². The molecule has 0 N–H and O–H groups in total. The molecule has 0 atom stereocenters. The van der Waals surface area contributed by atoms with Crippen molar-refractivity contribution < 1.29 is 4.74 Å². The Hall–Kier alpha value is -7.10. The van der Waals surface area contributed by atoms with Crippen LogP contribution in [0.25, 0.3) is 43.8 Å². The number of benzene rings is 9. The predicted molar refractivity (Wildman–Crippen MR) is 234 cm³/mol. The van der Waals surface area contributed by atoms with Gasteiger partial charge in [-0.25, -0.2) is 0 Å². The van der Waals surface area contributed by atoms with Gasteiger partial charge in [-0.1, -0.05) is 129 Å². The number of fused-ring (bicyclic) bond motifs is 6. The molecule has 1 aliphatic carbocycles. The maximum Gasteiger partial charge on any atom is 0.137 e. The largest absolute Gasteiger partial charge is 0.456 e. The van der Waals surface area contributed by atoms with Crippen molar-refractivity contribution in [2.75, 3.05) is 9.80 Å². The zero-order valence-electron chi connectivity index (χ0n) is 31.3. The van der Waals surface area contributed by atoms with Crippen LogP contribution in [0.3, 0.4) is 0 Å². The number of hydrogen-bond acceptors (Lipinski definition) is 3. The smallest absolute Gasteiger partial charge is 0.137 e. The van der Waals surface area contributed by atoms with Crippen molar-refractivity contribution in [1.82, 2.24) is 0 Å². The summed E-state index contributed by atoms with van der Waals surface area (Å²) in [5.74, 6) is 1.71. The van der Waals surface area contributed by atoms with E-state index in [-0.39, 0.29) is 5.41 Å². The quantitative estimate of drug-likeness (QED) is 0.170. The Balaban J connectivity index is 1.05. The molecule has 0 amide bonds. The van der Waals surface area contributed by atoms with E-state index in [0.29, 0.717) is 0 Å². The predicted octanol–water partition coefficient (Wildman–Crippen LogP) is 15.0. The molecule has 0 saturated heterocycles. The summed E-state index contributed by atoms with van der Waals surface area (Å²) in [6.07, 6.45) is 0. The lowest BCUT2D eigenvalue weighted by atomic mass is 9.82. The monoisotopic (exact) mass is 718 g/mol. The highest BCUT2D eigenvalue weighted by molar-refractivity contribution is 6.11. The Morgan fingerprint density at radius 2 is 0.982 bits per heavy atom. The molecule has 0 bridgehead atoms. The highest BCUT2D eigenvalue weighted by atomic mass is 16.5. The van der Waals surface area contributed by atoms with Gasteiger partial charge in [-0.15, -0.1) is 0 Å². The fourth-order valence-corrected chi connectivity index (χ4v) is 9.11. The van der Waals surface area contributed by atoms with Crippen LogP contribution in [0.15, 0.2) is 194 Å². The molecule has 0 aromatic heterocycles. The third-order valence-corrected chi connectivity index (χ3v) is 11.8. The van der Waals surface area contributed by atoms with E-state index in [0.717, 1.165) is 62.0 Å². The van der Waals surface area contributed by atoms with Crippen LogP contribution >= 0.6 is 0 Å². The third-order valence-electron chi connectivity index (χ3n) is 11.8. The van der Waals surface area contributed by atoms with Crippen LogP contribution in [0.4, 0.5) is 34.1 Å². The van der Waals surface area contributed by atoms with Crippen LogP contribution in [0, 0.1) is 0 Å². The molecule has 11 rings (SSSR count). The molecule has 9 aromatic rings. The van der Waals surface area contributed by atoms with Crippen LogP contribution in [-0.2, 0) is 5.41 Å². The maximum absolute atomic E-state index is 6.91. The van der Waals surface area contributed by atoms with Gasteiger partial charge in [0.1, 0.15) is 11.5 Å². The number of para-hydroxylation sites is 2. The molecule has 0 saturated carbocycles. The van der Waals surface area contributed by atoms with Crippen LogP contribution in [0.2, 0.25) is 0 Å². The molecule has 2 aliphatic rings. The molecule has 0 radical (unpaired) electrons. The molecule has 0 fully saturated rings. The molecule has 1 heterocycles. The van der Waals surface area contributed by atoms with E-state index >= 15 is 0 Å². The van der Waals surface area contributed by atoms with Crippen molar-refractivity contribution in [1.29, 1.82) is 0 Å². The van der Waals surface area contributed by atoms with Crippen molar-refractivity contribution in [2.45, 2.75) is 19.3 Å². The average molecular weight is 719 g/mol. The van der Waals surface area contributed by atoms with Crippen LogP contribution in [-0.4, -0.2) is 0 Å². The van der Waals surface area contributed by atoms with Gasteiger partial charge in [-0.2, -0.15) is 0 Å². The van der Waals surface area contributed by atoms with Crippen molar-refractivity contribution in [3.63, 3.8) is 0 Å². The van der Waals surface area contributed by atoms with Gasteiger partial charge in [0.2, 0.25) is 0 Å². The van der Waals surface area contributed by atoms with Gasteiger partial charge < -0.3 is 14.5 Å². The van der Waals surface area contributed by atoms with Gasteiger partial charge in [0.15, 0.2) is 0 Å². The number of nitrogens with zero attached hydrogens (tertiary/aromatic N) is 2. The molecule has 3 nitrogen and oxygen atoms in total. The number of rotatable bonds is 6. The minimum Gasteiger partial charge on any atom is -0.456 e.